The molecule has 1 aromatic carbocycles. The molecule has 0 aliphatic heterocycles. The van der Waals surface area contributed by atoms with Gasteiger partial charge in [0.2, 0.25) is 0 Å². The van der Waals surface area contributed by atoms with Crippen LogP contribution >= 0.6 is 0 Å². The van der Waals surface area contributed by atoms with Crippen LogP contribution in [0.3, 0.4) is 0 Å². The normalized spacial score (nSPS) is 14.3. The summed E-state index contributed by atoms with van der Waals surface area (Å²) in [5.41, 5.74) is 2.09. The number of benzene rings is 1. The van der Waals surface area contributed by atoms with Crippen LogP contribution in [0.25, 0.3) is 0 Å². The Morgan fingerprint density at radius 3 is 1.89 bits per heavy atom. The second-order valence-electron chi connectivity index (χ2n) is 4.81. The van der Waals surface area contributed by atoms with Crippen LogP contribution in [0.4, 0.5) is 0 Å². The number of hydrogen-bond acceptors (Lipinski definition) is 3. The van der Waals surface area contributed by atoms with E-state index in [0.29, 0.717) is 5.92 Å². The highest BCUT2D eigenvalue weighted by molar-refractivity contribution is 5.77. The molecule has 18 heavy (non-hydrogen) atoms. The molecule has 0 saturated carbocycles. The summed E-state index contributed by atoms with van der Waals surface area (Å²) >= 11 is 0. The summed E-state index contributed by atoms with van der Waals surface area (Å²) in [6.45, 7) is 6.09. The third kappa shape index (κ3) is 3.33. The zero-order valence-electron chi connectivity index (χ0n) is 11.8. The lowest BCUT2D eigenvalue weighted by Gasteiger charge is -2.20. The summed E-state index contributed by atoms with van der Waals surface area (Å²) in [5, 5.41) is 0. The number of rotatable bonds is 5. The second-order valence-corrected chi connectivity index (χ2v) is 4.81. The summed E-state index contributed by atoms with van der Waals surface area (Å²) in [5.74, 6) is -0.0297. The van der Waals surface area contributed by atoms with Crippen molar-refractivity contribution >= 4 is 5.97 Å². The fraction of sp³-hybridized carbons (Fsp3) is 0.533. The predicted molar refractivity (Wildman–Crippen MR) is 71.5 cm³/mol. The second kappa shape index (κ2) is 6.55. The number of carbonyl (C=O) groups excluding carboxylic acids is 1. The number of hydrogen-bond donors (Lipinski definition) is 0. The Balaban J connectivity index is 2.88. The van der Waals surface area contributed by atoms with E-state index >= 15 is 0 Å². The minimum atomic E-state index is -0.232. The maximum atomic E-state index is 11.4. The van der Waals surface area contributed by atoms with Gasteiger partial charge in [0.15, 0.2) is 0 Å². The molecule has 0 spiro atoms. The molecule has 0 N–H and O–H groups in total. The Morgan fingerprint density at radius 2 is 1.50 bits per heavy atom. The van der Waals surface area contributed by atoms with E-state index in [2.05, 4.69) is 13.8 Å². The Bertz CT molecular complexity index is 381. The van der Waals surface area contributed by atoms with Crippen LogP contribution in [0.1, 0.15) is 43.9 Å². The van der Waals surface area contributed by atoms with Gasteiger partial charge in [-0.05, 0) is 24.0 Å². The highest BCUT2D eigenvalue weighted by atomic mass is 16.5. The molecule has 1 rings (SSSR count). The third-order valence-corrected chi connectivity index (χ3v) is 3.18. The molecule has 1 aromatic rings. The van der Waals surface area contributed by atoms with E-state index in [1.165, 1.54) is 7.11 Å². The summed E-state index contributed by atoms with van der Waals surface area (Å²) < 4.78 is 10.2. The fourth-order valence-electron chi connectivity index (χ4n) is 2.08. The van der Waals surface area contributed by atoms with Crippen LogP contribution in [-0.4, -0.2) is 20.2 Å². The number of carbonyl (C=O) groups is 1. The van der Waals surface area contributed by atoms with Gasteiger partial charge in [0.05, 0.1) is 19.1 Å². The maximum Gasteiger partial charge on any atom is 0.312 e. The Kier molecular flexibility index (Phi) is 5.35. The van der Waals surface area contributed by atoms with Crippen molar-refractivity contribution in [1.82, 2.24) is 0 Å². The molecule has 3 heteroatoms. The first-order valence-corrected chi connectivity index (χ1v) is 6.21. The van der Waals surface area contributed by atoms with Crippen molar-refractivity contribution in [1.29, 1.82) is 0 Å². The van der Waals surface area contributed by atoms with Crippen molar-refractivity contribution in [2.75, 3.05) is 14.2 Å². The van der Waals surface area contributed by atoms with E-state index in [9.17, 15) is 4.79 Å². The van der Waals surface area contributed by atoms with E-state index in [1.807, 2.05) is 31.2 Å². The van der Waals surface area contributed by atoms with Gasteiger partial charge in [0.25, 0.3) is 0 Å². The van der Waals surface area contributed by atoms with Gasteiger partial charge < -0.3 is 9.47 Å². The molecule has 3 nitrogen and oxygen atoms in total. The lowest BCUT2D eigenvalue weighted by Crippen LogP contribution is -2.12. The van der Waals surface area contributed by atoms with Gasteiger partial charge >= 0.3 is 5.97 Å². The van der Waals surface area contributed by atoms with E-state index in [1.54, 1.807) is 7.11 Å². The smallest absolute Gasteiger partial charge is 0.312 e. The molecule has 0 amide bonds. The lowest BCUT2D eigenvalue weighted by atomic mass is 9.95. The summed E-state index contributed by atoms with van der Waals surface area (Å²) in [7, 11) is 3.13. The monoisotopic (exact) mass is 250 g/mol. The largest absolute Gasteiger partial charge is 0.469 e. The molecular weight excluding hydrogens is 228 g/mol. The first kappa shape index (κ1) is 14.7. The molecule has 100 valence electrons. The Labute approximate surface area is 109 Å². The Hall–Kier alpha value is -1.35. The van der Waals surface area contributed by atoms with Gasteiger partial charge in [-0.2, -0.15) is 0 Å². The van der Waals surface area contributed by atoms with E-state index in [4.69, 9.17) is 9.47 Å². The van der Waals surface area contributed by atoms with Crippen LogP contribution < -0.4 is 0 Å². The first-order chi connectivity index (χ1) is 8.51. The number of esters is 1. The molecule has 0 radical (unpaired) electrons. The SMILES string of the molecule is COC(=O)C(C)c1ccc(C(OC)C(C)C)cc1. The average Bonchev–Trinajstić information content (AvgIpc) is 2.38. The van der Waals surface area contributed by atoms with Crippen LogP contribution in [0, 0.1) is 5.92 Å². The molecule has 0 saturated heterocycles. The molecular formula is C15H22O3. The quantitative estimate of drug-likeness (QED) is 0.752. The number of ether oxygens (including phenoxy) is 2. The van der Waals surface area contributed by atoms with Crippen molar-refractivity contribution in [3.05, 3.63) is 35.4 Å². The third-order valence-electron chi connectivity index (χ3n) is 3.18. The standard InChI is InChI=1S/C15H22O3/c1-10(2)14(17-4)13-8-6-12(7-9-13)11(3)15(16)18-5/h6-11,14H,1-5H3. The van der Waals surface area contributed by atoms with Gasteiger partial charge in [0, 0.05) is 7.11 Å². The summed E-state index contributed by atoms with van der Waals surface area (Å²) in [4.78, 5) is 11.4. The highest BCUT2D eigenvalue weighted by Gasteiger charge is 2.18. The fourth-order valence-corrected chi connectivity index (χ4v) is 2.08. The van der Waals surface area contributed by atoms with Crippen LogP contribution in [0.5, 0.6) is 0 Å². The molecule has 0 aliphatic rings. The van der Waals surface area contributed by atoms with Gasteiger partial charge in [-0.3, -0.25) is 4.79 Å². The van der Waals surface area contributed by atoms with Crippen molar-refractivity contribution in [2.45, 2.75) is 32.8 Å². The van der Waals surface area contributed by atoms with Crippen LogP contribution in [0.2, 0.25) is 0 Å². The minimum absolute atomic E-state index is 0.0903. The van der Waals surface area contributed by atoms with Gasteiger partial charge in [-0.1, -0.05) is 38.1 Å². The average molecular weight is 250 g/mol. The molecule has 0 bridgehead atoms. The summed E-state index contributed by atoms with van der Waals surface area (Å²) in [6.07, 6.45) is 0.0903. The van der Waals surface area contributed by atoms with Gasteiger partial charge in [-0.15, -0.1) is 0 Å². The minimum Gasteiger partial charge on any atom is -0.469 e. The van der Waals surface area contributed by atoms with E-state index in [0.717, 1.165) is 11.1 Å². The van der Waals surface area contributed by atoms with Crippen molar-refractivity contribution < 1.29 is 14.3 Å². The van der Waals surface area contributed by atoms with E-state index < -0.39 is 0 Å². The predicted octanol–water partition coefficient (Wildman–Crippen LogP) is 3.31. The highest BCUT2D eigenvalue weighted by Crippen LogP contribution is 2.26. The van der Waals surface area contributed by atoms with Crippen LogP contribution in [0.15, 0.2) is 24.3 Å². The topological polar surface area (TPSA) is 35.5 Å². The van der Waals surface area contributed by atoms with Crippen molar-refractivity contribution in [2.24, 2.45) is 5.92 Å². The van der Waals surface area contributed by atoms with Crippen LogP contribution in [-0.2, 0) is 14.3 Å². The summed E-state index contributed by atoms with van der Waals surface area (Å²) in [6, 6.07) is 7.96. The maximum absolute atomic E-state index is 11.4. The van der Waals surface area contributed by atoms with Gasteiger partial charge in [0.1, 0.15) is 0 Å². The van der Waals surface area contributed by atoms with E-state index in [-0.39, 0.29) is 18.0 Å². The molecule has 0 heterocycles. The lowest BCUT2D eigenvalue weighted by molar-refractivity contribution is -0.141. The van der Waals surface area contributed by atoms with Crippen molar-refractivity contribution in [3.8, 4) is 0 Å². The molecule has 0 fully saturated rings. The molecule has 0 aromatic heterocycles. The number of methoxy groups -OCH3 is 2. The first-order valence-electron chi connectivity index (χ1n) is 6.21. The zero-order valence-corrected chi connectivity index (χ0v) is 11.8. The van der Waals surface area contributed by atoms with Crippen molar-refractivity contribution in [3.63, 3.8) is 0 Å². The zero-order chi connectivity index (χ0) is 13.7. The Morgan fingerprint density at radius 1 is 1.00 bits per heavy atom. The molecule has 2 atom stereocenters. The van der Waals surface area contributed by atoms with Gasteiger partial charge in [-0.25, -0.2) is 0 Å². The molecule has 2 unspecified atom stereocenters. The molecule has 0 aliphatic carbocycles.